The van der Waals surface area contributed by atoms with Gasteiger partial charge in [-0.2, -0.15) is 0 Å². The van der Waals surface area contributed by atoms with Crippen LogP contribution in [0.3, 0.4) is 0 Å². The largest absolute Gasteiger partial charge is 0.493 e. The van der Waals surface area contributed by atoms with Gasteiger partial charge in [0.05, 0.1) is 25.8 Å². The van der Waals surface area contributed by atoms with Crippen molar-refractivity contribution in [1.29, 1.82) is 0 Å². The Hall–Kier alpha value is -3.06. The summed E-state index contributed by atoms with van der Waals surface area (Å²) in [4.78, 5) is 13.2. The lowest BCUT2D eigenvalue weighted by Gasteiger charge is -2.30. The Morgan fingerprint density at radius 2 is 1.72 bits per heavy atom. The molecular weight excluding hydrogens is 386 g/mol. The van der Waals surface area contributed by atoms with E-state index in [4.69, 9.17) is 21.7 Å². The second-order valence-corrected chi connectivity index (χ2v) is 7.35. The molecule has 3 rings (SSSR count). The molecule has 0 aliphatic carbocycles. The van der Waals surface area contributed by atoms with Crippen LogP contribution in [0.4, 0.5) is 5.69 Å². The van der Waals surface area contributed by atoms with Gasteiger partial charge in [-0.3, -0.25) is 4.79 Å². The first-order valence-electron chi connectivity index (χ1n) is 9.23. The number of hydrogen-bond acceptors (Lipinski definition) is 4. The van der Waals surface area contributed by atoms with Crippen LogP contribution in [0.5, 0.6) is 11.5 Å². The molecule has 2 aromatic carbocycles. The summed E-state index contributed by atoms with van der Waals surface area (Å²) in [6, 6.07) is 11.0. The molecule has 1 aliphatic rings. The fraction of sp³-hybridized carbons (Fsp3) is 0.273. The van der Waals surface area contributed by atoms with Crippen LogP contribution in [0.1, 0.15) is 29.7 Å². The number of amides is 1. The molecular formula is C22H25N3O3S. The summed E-state index contributed by atoms with van der Waals surface area (Å²) < 4.78 is 10.7. The van der Waals surface area contributed by atoms with E-state index in [0.29, 0.717) is 27.9 Å². The van der Waals surface area contributed by atoms with Crippen molar-refractivity contribution in [2.24, 2.45) is 0 Å². The van der Waals surface area contributed by atoms with Crippen molar-refractivity contribution in [2.75, 3.05) is 19.5 Å². The number of anilines is 1. The highest BCUT2D eigenvalue weighted by molar-refractivity contribution is 7.80. The lowest BCUT2D eigenvalue weighted by atomic mass is 9.94. The summed E-state index contributed by atoms with van der Waals surface area (Å²) in [5, 5.41) is 9.71. The zero-order valence-electron chi connectivity index (χ0n) is 17.2. The number of carbonyl (C=O) groups excluding carboxylic acids is 1. The Balaban J connectivity index is 1.97. The van der Waals surface area contributed by atoms with Gasteiger partial charge in [-0.05, 0) is 73.9 Å². The fourth-order valence-corrected chi connectivity index (χ4v) is 3.57. The Kier molecular flexibility index (Phi) is 6.08. The van der Waals surface area contributed by atoms with Gasteiger partial charge < -0.3 is 25.4 Å². The molecule has 0 radical (unpaired) electrons. The zero-order valence-corrected chi connectivity index (χ0v) is 18.0. The second kappa shape index (κ2) is 8.53. The van der Waals surface area contributed by atoms with Gasteiger partial charge in [-0.1, -0.05) is 12.1 Å². The van der Waals surface area contributed by atoms with Crippen molar-refractivity contribution in [3.05, 3.63) is 64.4 Å². The summed E-state index contributed by atoms with van der Waals surface area (Å²) >= 11 is 5.33. The highest BCUT2D eigenvalue weighted by Gasteiger charge is 2.30. The molecule has 0 aromatic heterocycles. The Labute approximate surface area is 176 Å². The third-order valence-corrected chi connectivity index (χ3v) is 5.24. The number of nitrogens with one attached hydrogen (secondary N) is 3. The van der Waals surface area contributed by atoms with Gasteiger partial charge in [0.15, 0.2) is 16.6 Å². The Morgan fingerprint density at radius 1 is 1.00 bits per heavy atom. The number of benzene rings is 2. The lowest BCUT2D eigenvalue weighted by molar-refractivity contribution is -0.113. The third-order valence-electron chi connectivity index (χ3n) is 5.02. The van der Waals surface area contributed by atoms with E-state index in [1.807, 2.05) is 57.2 Å². The smallest absolute Gasteiger partial charge is 0.255 e. The number of carbonyl (C=O) groups is 1. The highest BCUT2D eigenvalue weighted by atomic mass is 32.1. The van der Waals surface area contributed by atoms with Crippen molar-refractivity contribution >= 4 is 28.9 Å². The third kappa shape index (κ3) is 4.35. The molecule has 0 unspecified atom stereocenters. The van der Waals surface area contributed by atoms with Gasteiger partial charge in [-0.15, -0.1) is 0 Å². The normalized spacial score (nSPS) is 16.0. The first-order chi connectivity index (χ1) is 13.8. The van der Waals surface area contributed by atoms with Gasteiger partial charge in [0.25, 0.3) is 5.91 Å². The molecule has 0 saturated heterocycles. The van der Waals surface area contributed by atoms with Crippen LogP contribution in [0.15, 0.2) is 47.7 Å². The van der Waals surface area contributed by atoms with Crippen LogP contribution in [-0.4, -0.2) is 25.2 Å². The minimum atomic E-state index is -0.421. The first-order valence-corrected chi connectivity index (χ1v) is 9.63. The number of ether oxygens (including phenoxy) is 2. The quantitative estimate of drug-likeness (QED) is 0.651. The number of methoxy groups -OCH3 is 2. The van der Waals surface area contributed by atoms with Crippen molar-refractivity contribution < 1.29 is 14.3 Å². The van der Waals surface area contributed by atoms with E-state index in [1.54, 1.807) is 14.2 Å². The molecule has 0 bridgehead atoms. The van der Waals surface area contributed by atoms with Crippen molar-refractivity contribution in [3.63, 3.8) is 0 Å². The number of hydrogen-bond donors (Lipinski definition) is 3. The van der Waals surface area contributed by atoms with E-state index in [9.17, 15) is 4.79 Å². The number of rotatable bonds is 5. The SMILES string of the molecule is COc1ccc([C@H]2NC(=S)NC(C)=C2C(=O)Nc2ccc(C)c(C)c2)cc1OC. The van der Waals surface area contributed by atoms with Gasteiger partial charge in [-0.25, -0.2) is 0 Å². The van der Waals surface area contributed by atoms with Crippen molar-refractivity contribution in [2.45, 2.75) is 26.8 Å². The zero-order chi connectivity index (χ0) is 21.1. The van der Waals surface area contributed by atoms with Crippen molar-refractivity contribution in [1.82, 2.24) is 10.6 Å². The van der Waals surface area contributed by atoms with Crippen LogP contribution in [0.25, 0.3) is 0 Å². The summed E-state index contributed by atoms with van der Waals surface area (Å²) in [6.07, 6.45) is 0. The maximum atomic E-state index is 13.2. The van der Waals surface area contributed by atoms with Gasteiger partial charge >= 0.3 is 0 Å². The van der Waals surface area contributed by atoms with E-state index >= 15 is 0 Å². The molecule has 7 heteroatoms. The topological polar surface area (TPSA) is 71.6 Å². The molecule has 29 heavy (non-hydrogen) atoms. The number of thiocarbonyl (C=S) groups is 1. The standard InChI is InChI=1S/C22H25N3O3S/c1-12-6-8-16(10-13(12)2)24-21(26)19-14(3)23-22(29)25-20(19)15-7-9-17(27-4)18(11-15)28-5/h6-11,20H,1-5H3,(H,24,26)(H2,23,25,29)/t20-/m1/s1. The van der Waals surface area contributed by atoms with E-state index in [-0.39, 0.29) is 5.91 Å². The molecule has 0 fully saturated rings. The summed E-state index contributed by atoms with van der Waals surface area (Å²) in [6.45, 7) is 5.90. The molecule has 152 valence electrons. The molecule has 6 nitrogen and oxygen atoms in total. The summed E-state index contributed by atoms with van der Waals surface area (Å²) in [5.74, 6) is 1.01. The Bertz CT molecular complexity index is 1000. The van der Waals surface area contributed by atoms with Gasteiger partial charge in [0, 0.05) is 11.4 Å². The molecule has 3 N–H and O–H groups in total. The second-order valence-electron chi connectivity index (χ2n) is 6.94. The Morgan fingerprint density at radius 3 is 2.38 bits per heavy atom. The fourth-order valence-electron chi connectivity index (χ4n) is 3.29. The predicted octanol–water partition coefficient (Wildman–Crippen LogP) is 3.75. The van der Waals surface area contributed by atoms with E-state index in [0.717, 1.165) is 16.8 Å². The summed E-state index contributed by atoms with van der Waals surface area (Å²) in [7, 11) is 3.17. The number of aryl methyl sites for hydroxylation is 2. The first kappa shape index (κ1) is 20.7. The predicted molar refractivity (Wildman–Crippen MR) is 118 cm³/mol. The van der Waals surface area contributed by atoms with Gasteiger partial charge in [0.2, 0.25) is 0 Å². The lowest BCUT2D eigenvalue weighted by Crippen LogP contribution is -2.45. The van der Waals surface area contributed by atoms with E-state index in [2.05, 4.69) is 16.0 Å². The maximum absolute atomic E-state index is 13.2. The van der Waals surface area contributed by atoms with Gasteiger partial charge in [0.1, 0.15) is 0 Å². The van der Waals surface area contributed by atoms with Crippen LogP contribution < -0.4 is 25.4 Å². The van der Waals surface area contributed by atoms with Crippen LogP contribution in [-0.2, 0) is 4.79 Å². The molecule has 0 spiro atoms. The minimum absolute atomic E-state index is 0.201. The van der Waals surface area contributed by atoms with Crippen LogP contribution in [0.2, 0.25) is 0 Å². The molecule has 1 heterocycles. The molecule has 1 atom stereocenters. The van der Waals surface area contributed by atoms with E-state index in [1.165, 1.54) is 5.56 Å². The number of allylic oxidation sites excluding steroid dienone is 1. The molecule has 0 saturated carbocycles. The monoisotopic (exact) mass is 411 g/mol. The van der Waals surface area contributed by atoms with E-state index < -0.39 is 6.04 Å². The molecule has 1 aliphatic heterocycles. The minimum Gasteiger partial charge on any atom is -0.493 e. The van der Waals surface area contributed by atoms with Crippen LogP contribution in [0, 0.1) is 13.8 Å². The summed E-state index contributed by atoms with van der Waals surface area (Å²) in [5.41, 5.74) is 5.14. The van der Waals surface area contributed by atoms with Crippen LogP contribution >= 0.6 is 12.2 Å². The molecule has 2 aromatic rings. The maximum Gasteiger partial charge on any atom is 0.255 e. The molecule has 1 amide bonds. The van der Waals surface area contributed by atoms with Crippen molar-refractivity contribution in [3.8, 4) is 11.5 Å². The highest BCUT2D eigenvalue weighted by Crippen LogP contribution is 2.34. The average molecular weight is 412 g/mol. The average Bonchev–Trinajstić information content (AvgIpc) is 2.69.